The standard InChI is InChI=1S/C31H54O7/c1-12-24-31(35,13-2)16-19(5)25(32)18(4)15-30(10,11)27(22(8)26(33)23(9)28(34)37-24)38-29-21(7)17(3)14-20(6)36-29/h16-18,20-24,26-27,29,33,35H,12-15H2,1-11H3/b19-16+/t17-,18+,20+,21+,22-,23+,24+,26-,27+,29?,31-/m0/s1. The van der Waals surface area contributed by atoms with Crippen LogP contribution in [0.15, 0.2) is 11.6 Å². The van der Waals surface area contributed by atoms with Gasteiger partial charge in [0.25, 0.3) is 0 Å². The quantitative estimate of drug-likeness (QED) is 0.459. The number of ketones is 1. The summed E-state index contributed by atoms with van der Waals surface area (Å²) in [6.45, 7) is 21.3. The van der Waals surface area contributed by atoms with E-state index in [2.05, 4.69) is 27.7 Å². The van der Waals surface area contributed by atoms with Crippen molar-refractivity contribution in [1.29, 1.82) is 0 Å². The largest absolute Gasteiger partial charge is 0.459 e. The Bertz CT molecular complexity index is 851. The maximum absolute atomic E-state index is 13.5. The van der Waals surface area contributed by atoms with Crippen molar-refractivity contribution in [3.8, 4) is 0 Å². The van der Waals surface area contributed by atoms with Gasteiger partial charge in [-0.1, -0.05) is 55.4 Å². The zero-order valence-electron chi connectivity index (χ0n) is 25.6. The molecule has 0 saturated carbocycles. The minimum Gasteiger partial charge on any atom is -0.459 e. The van der Waals surface area contributed by atoms with Gasteiger partial charge >= 0.3 is 5.97 Å². The van der Waals surface area contributed by atoms with Gasteiger partial charge in [0, 0.05) is 17.8 Å². The van der Waals surface area contributed by atoms with Crippen LogP contribution >= 0.6 is 0 Å². The lowest BCUT2D eigenvalue weighted by Gasteiger charge is -2.46. The van der Waals surface area contributed by atoms with Crippen molar-refractivity contribution in [1.82, 2.24) is 0 Å². The van der Waals surface area contributed by atoms with Crippen molar-refractivity contribution >= 4 is 11.8 Å². The molecule has 0 bridgehead atoms. The number of rotatable bonds is 4. The molecule has 2 aliphatic heterocycles. The molecule has 2 aliphatic rings. The fraction of sp³-hybridized carbons (Fsp3) is 0.871. The molecule has 2 heterocycles. The predicted octanol–water partition coefficient (Wildman–Crippen LogP) is 5.46. The molecule has 0 spiro atoms. The molecule has 220 valence electrons. The maximum atomic E-state index is 13.5. The maximum Gasteiger partial charge on any atom is 0.311 e. The van der Waals surface area contributed by atoms with E-state index in [9.17, 15) is 19.8 Å². The van der Waals surface area contributed by atoms with Crippen LogP contribution < -0.4 is 0 Å². The number of Topliss-reactive ketones (excluding diaryl/α,β-unsaturated/α-hetero) is 1. The summed E-state index contributed by atoms with van der Waals surface area (Å²) in [5, 5.41) is 22.9. The van der Waals surface area contributed by atoms with Crippen LogP contribution in [-0.2, 0) is 23.8 Å². The molecule has 38 heavy (non-hydrogen) atoms. The second kappa shape index (κ2) is 12.9. The number of allylic oxidation sites excluding steroid dienone is 1. The Balaban J connectivity index is 2.56. The molecule has 1 fully saturated rings. The van der Waals surface area contributed by atoms with Gasteiger partial charge in [-0.05, 0) is 69.4 Å². The first-order valence-electron chi connectivity index (χ1n) is 14.6. The average Bonchev–Trinajstić information content (AvgIpc) is 2.85. The molecule has 0 aromatic carbocycles. The molecule has 7 heteroatoms. The zero-order chi connectivity index (χ0) is 29.2. The van der Waals surface area contributed by atoms with E-state index >= 15 is 0 Å². The first kappa shape index (κ1) is 32.9. The monoisotopic (exact) mass is 538 g/mol. The molecule has 0 aromatic heterocycles. The Morgan fingerprint density at radius 1 is 1.05 bits per heavy atom. The van der Waals surface area contributed by atoms with Crippen LogP contribution in [0.2, 0.25) is 0 Å². The van der Waals surface area contributed by atoms with Crippen LogP contribution in [-0.4, -0.2) is 58.3 Å². The van der Waals surface area contributed by atoms with E-state index in [0.29, 0.717) is 24.3 Å². The third-order valence-corrected chi connectivity index (χ3v) is 9.24. The van der Waals surface area contributed by atoms with Crippen molar-refractivity contribution in [3.05, 3.63) is 11.6 Å². The lowest BCUT2D eigenvalue weighted by atomic mass is 9.70. The van der Waals surface area contributed by atoms with E-state index in [1.54, 1.807) is 26.8 Å². The molecule has 0 amide bonds. The highest BCUT2D eigenvalue weighted by Gasteiger charge is 2.46. The van der Waals surface area contributed by atoms with E-state index in [-0.39, 0.29) is 30.1 Å². The Morgan fingerprint density at radius 3 is 2.21 bits per heavy atom. The highest BCUT2D eigenvalue weighted by atomic mass is 16.7. The summed E-state index contributed by atoms with van der Waals surface area (Å²) in [7, 11) is 0. The third-order valence-electron chi connectivity index (χ3n) is 9.24. The summed E-state index contributed by atoms with van der Waals surface area (Å²) in [5.74, 6) is -1.71. The highest BCUT2D eigenvalue weighted by molar-refractivity contribution is 5.96. The number of esters is 1. The normalized spacial score (nSPS) is 45.0. The lowest BCUT2D eigenvalue weighted by molar-refractivity contribution is -0.273. The number of aliphatic hydroxyl groups is 2. The molecule has 0 radical (unpaired) electrons. The minimum absolute atomic E-state index is 0.0542. The Labute approximate surface area is 230 Å². The van der Waals surface area contributed by atoms with E-state index in [1.807, 2.05) is 27.7 Å². The predicted molar refractivity (Wildman–Crippen MR) is 148 cm³/mol. The van der Waals surface area contributed by atoms with Gasteiger partial charge in [0.2, 0.25) is 0 Å². The Morgan fingerprint density at radius 2 is 1.66 bits per heavy atom. The van der Waals surface area contributed by atoms with Gasteiger partial charge in [-0.25, -0.2) is 0 Å². The van der Waals surface area contributed by atoms with Gasteiger partial charge < -0.3 is 24.4 Å². The summed E-state index contributed by atoms with van der Waals surface area (Å²) in [6, 6.07) is 0. The number of ether oxygens (including phenoxy) is 3. The number of hydrogen-bond donors (Lipinski definition) is 2. The number of carbonyl (C=O) groups is 2. The van der Waals surface area contributed by atoms with Crippen LogP contribution in [0, 0.1) is 35.0 Å². The second-order valence-corrected chi connectivity index (χ2v) is 13.0. The van der Waals surface area contributed by atoms with Crippen LogP contribution in [0.3, 0.4) is 0 Å². The van der Waals surface area contributed by atoms with Crippen LogP contribution in [0.4, 0.5) is 0 Å². The first-order chi connectivity index (χ1) is 17.5. The van der Waals surface area contributed by atoms with Gasteiger partial charge in [0.1, 0.15) is 11.7 Å². The van der Waals surface area contributed by atoms with Gasteiger partial charge in [-0.15, -0.1) is 0 Å². The highest BCUT2D eigenvalue weighted by Crippen LogP contribution is 2.42. The number of hydrogen-bond acceptors (Lipinski definition) is 7. The summed E-state index contributed by atoms with van der Waals surface area (Å²) in [5.41, 5.74) is -1.56. The average molecular weight is 539 g/mol. The molecule has 11 atom stereocenters. The number of carbonyl (C=O) groups excluding carboxylic acids is 2. The SMILES string of the molecule is CC[C@H]1OC(=O)[C@H](C)[C@@H](O)[C@H](C)[C@@H](OC2O[C@H](C)C[C@H](C)[C@H]2C)C(C)(C)C[C@@H](C)C(=O)/C(C)=C/[C@@]1(O)CC. The smallest absolute Gasteiger partial charge is 0.311 e. The van der Waals surface area contributed by atoms with Crippen molar-refractivity contribution < 1.29 is 34.0 Å². The van der Waals surface area contributed by atoms with Gasteiger partial charge in [0.05, 0.1) is 24.2 Å². The van der Waals surface area contributed by atoms with Crippen molar-refractivity contribution in [2.24, 2.45) is 35.0 Å². The molecule has 7 nitrogen and oxygen atoms in total. The molecule has 0 aromatic rings. The fourth-order valence-corrected chi connectivity index (χ4v) is 6.55. The molecular formula is C31H54O7. The van der Waals surface area contributed by atoms with E-state index < -0.39 is 53.4 Å². The summed E-state index contributed by atoms with van der Waals surface area (Å²) in [6.07, 6.45) is 0.884. The summed E-state index contributed by atoms with van der Waals surface area (Å²) < 4.78 is 18.8. The first-order valence-corrected chi connectivity index (χ1v) is 14.6. The van der Waals surface area contributed by atoms with Crippen molar-refractivity contribution in [2.45, 2.75) is 138 Å². The molecule has 1 unspecified atom stereocenters. The summed E-state index contributed by atoms with van der Waals surface area (Å²) >= 11 is 0. The van der Waals surface area contributed by atoms with Gasteiger partial charge in [0.15, 0.2) is 12.1 Å². The molecule has 2 N–H and O–H groups in total. The van der Waals surface area contributed by atoms with Gasteiger partial charge in [-0.3, -0.25) is 9.59 Å². The second-order valence-electron chi connectivity index (χ2n) is 13.0. The van der Waals surface area contributed by atoms with Crippen LogP contribution in [0.5, 0.6) is 0 Å². The number of cyclic esters (lactones) is 1. The fourth-order valence-electron chi connectivity index (χ4n) is 6.55. The third kappa shape index (κ3) is 7.26. The van der Waals surface area contributed by atoms with E-state index in [4.69, 9.17) is 14.2 Å². The Kier molecular flexibility index (Phi) is 11.2. The van der Waals surface area contributed by atoms with E-state index in [1.165, 1.54) is 0 Å². The van der Waals surface area contributed by atoms with E-state index in [0.717, 1.165) is 6.42 Å². The minimum atomic E-state index is -1.48. The van der Waals surface area contributed by atoms with Crippen LogP contribution in [0.1, 0.15) is 102 Å². The topological polar surface area (TPSA) is 102 Å². The number of aliphatic hydroxyl groups excluding tert-OH is 1. The van der Waals surface area contributed by atoms with Crippen LogP contribution in [0.25, 0.3) is 0 Å². The molecular weight excluding hydrogens is 484 g/mol. The molecule has 1 saturated heterocycles. The zero-order valence-corrected chi connectivity index (χ0v) is 25.6. The Hall–Kier alpha value is -1.28. The molecule has 0 aliphatic carbocycles. The molecule has 2 rings (SSSR count). The van der Waals surface area contributed by atoms with Crippen molar-refractivity contribution in [3.63, 3.8) is 0 Å². The summed E-state index contributed by atoms with van der Waals surface area (Å²) in [4.78, 5) is 26.8. The van der Waals surface area contributed by atoms with Crippen molar-refractivity contribution in [2.75, 3.05) is 0 Å². The van der Waals surface area contributed by atoms with Gasteiger partial charge in [-0.2, -0.15) is 0 Å². The lowest BCUT2D eigenvalue weighted by Crippen LogP contribution is -2.51.